The highest BCUT2D eigenvalue weighted by Crippen LogP contribution is 2.16. The molecule has 8 nitrogen and oxygen atoms in total. The molecule has 1 aromatic carbocycles. The van der Waals surface area contributed by atoms with Gasteiger partial charge < -0.3 is 9.52 Å². The van der Waals surface area contributed by atoms with Gasteiger partial charge in [0.2, 0.25) is 10.0 Å². The molecule has 0 saturated heterocycles. The molecule has 0 aliphatic heterocycles. The standard InChI is InChI=1S/C11H12N2O6S/c14-10(15)2-1-5-12-20(17,18)7-3-4-8-9(6-7)19-11(16)13-8/h3-4,6,12H,1-2,5H2,(H,13,16)(H,14,15). The largest absolute Gasteiger partial charge is 0.481 e. The van der Waals surface area contributed by atoms with Crippen LogP contribution in [0.2, 0.25) is 0 Å². The predicted octanol–water partition coefficient (Wildman–Crippen LogP) is 0.264. The molecular weight excluding hydrogens is 288 g/mol. The zero-order valence-electron chi connectivity index (χ0n) is 10.3. The second-order valence-electron chi connectivity index (χ2n) is 4.07. The van der Waals surface area contributed by atoms with Crippen molar-refractivity contribution < 1.29 is 22.7 Å². The van der Waals surface area contributed by atoms with Crippen molar-refractivity contribution in [2.24, 2.45) is 0 Å². The number of carboxylic acids is 1. The van der Waals surface area contributed by atoms with Crippen LogP contribution in [0.3, 0.4) is 0 Å². The molecule has 1 heterocycles. The molecule has 3 N–H and O–H groups in total. The molecule has 2 rings (SSSR count). The SMILES string of the molecule is O=C(O)CCCNS(=O)(=O)c1ccc2[nH]c(=O)oc2c1. The molecule has 0 saturated carbocycles. The number of aliphatic carboxylic acids is 1. The van der Waals surface area contributed by atoms with Crippen LogP contribution in [-0.2, 0) is 14.8 Å². The number of benzene rings is 1. The van der Waals surface area contributed by atoms with Crippen molar-refractivity contribution in [3.63, 3.8) is 0 Å². The van der Waals surface area contributed by atoms with E-state index in [4.69, 9.17) is 9.52 Å². The number of aromatic nitrogens is 1. The number of oxazole rings is 1. The van der Waals surface area contributed by atoms with E-state index in [1.54, 1.807) is 0 Å². The number of carboxylic acid groups (broad SMARTS) is 1. The second kappa shape index (κ2) is 5.47. The number of nitrogens with one attached hydrogen (secondary N) is 2. The zero-order chi connectivity index (χ0) is 14.8. The number of hydrogen-bond acceptors (Lipinski definition) is 5. The summed E-state index contributed by atoms with van der Waals surface area (Å²) in [6.07, 6.45) is 0.0737. The number of hydrogen-bond donors (Lipinski definition) is 3. The van der Waals surface area contributed by atoms with E-state index in [2.05, 4.69) is 9.71 Å². The van der Waals surface area contributed by atoms with Crippen LogP contribution < -0.4 is 10.5 Å². The van der Waals surface area contributed by atoms with Crippen molar-refractivity contribution in [2.75, 3.05) is 6.54 Å². The van der Waals surface area contributed by atoms with Crippen LogP contribution >= 0.6 is 0 Å². The summed E-state index contributed by atoms with van der Waals surface area (Å²) < 4.78 is 30.9. The molecule has 20 heavy (non-hydrogen) atoms. The summed E-state index contributed by atoms with van der Waals surface area (Å²) >= 11 is 0. The number of sulfonamides is 1. The van der Waals surface area contributed by atoms with Gasteiger partial charge in [0, 0.05) is 19.0 Å². The van der Waals surface area contributed by atoms with Crippen LogP contribution in [0.1, 0.15) is 12.8 Å². The minimum absolute atomic E-state index is 0.0176. The third-order valence-electron chi connectivity index (χ3n) is 2.56. The molecule has 1 aromatic heterocycles. The van der Waals surface area contributed by atoms with Gasteiger partial charge in [0.1, 0.15) is 0 Å². The number of carbonyl (C=O) groups is 1. The molecule has 0 aliphatic rings. The Morgan fingerprint density at radius 3 is 2.85 bits per heavy atom. The fraction of sp³-hybridized carbons (Fsp3) is 0.273. The Hall–Kier alpha value is -2.13. The van der Waals surface area contributed by atoms with Crippen molar-refractivity contribution >= 4 is 27.1 Å². The maximum Gasteiger partial charge on any atom is 0.417 e. The van der Waals surface area contributed by atoms with Crippen molar-refractivity contribution in [2.45, 2.75) is 17.7 Å². The first-order valence-corrected chi connectivity index (χ1v) is 7.21. The lowest BCUT2D eigenvalue weighted by Crippen LogP contribution is -2.25. The van der Waals surface area contributed by atoms with Crippen LogP contribution in [-0.4, -0.2) is 31.0 Å². The van der Waals surface area contributed by atoms with Crippen LogP contribution in [0.15, 0.2) is 32.3 Å². The maximum atomic E-state index is 11.9. The molecule has 0 spiro atoms. The van der Waals surface area contributed by atoms with E-state index in [0.29, 0.717) is 5.52 Å². The lowest BCUT2D eigenvalue weighted by atomic mass is 10.3. The molecule has 0 fully saturated rings. The quantitative estimate of drug-likeness (QED) is 0.656. The Morgan fingerprint density at radius 1 is 1.40 bits per heavy atom. The van der Waals surface area contributed by atoms with Crippen molar-refractivity contribution in [1.82, 2.24) is 9.71 Å². The summed E-state index contributed by atoms with van der Waals surface area (Å²) in [7, 11) is -3.76. The first-order chi connectivity index (χ1) is 9.38. The number of H-pyrrole nitrogens is 1. The summed E-state index contributed by atoms with van der Waals surface area (Å²) in [6, 6.07) is 3.98. The topological polar surface area (TPSA) is 129 Å². The molecule has 0 amide bonds. The highest BCUT2D eigenvalue weighted by atomic mass is 32.2. The monoisotopic (exact) mass is 300 g/mol. The first-order valence-electron chi connectivity index (χ1n) is 5.73. The van der Waals surface area contributed by atoms with Gasteiger partial charge in [-0.2, -0.15) is 0 Å². The lowest BCUT2D eigenvalue weighted by molar-refractivity contribution is -0.137. The van der Waals surface area contributed by atoms with E-state index >= 15 is 0 Å². The normalized spacial score (nSPS) is 11.8. The minimum atomic E-state index is -3.76. The number of fused-ring (bicyclic) bond motifs is 1. The Labute approximate surface area is 113 Å². The predicted molar refractivity (Wildman–Crippen MR) is 68.9 cm³/mol. The van der Waals surface area contributed by atoms with Crippen molar-refractivity contribution in [1.29, 1.82) is 0 Å². The van der Waals surface area contributed by atoms with E-state index < -0.39 is 21.7 Å². The average Bonchev–Trinajstić information content (AvgIpc) is 2.73. The van der Waals surface area contributed by atoms with Crippen molar-refractivity contribution in [3.05, 3.63) is 28.7 Å². The fourth-order valence-corrected chi connectivity index (χ4v) is 2.71. The molecule has 0 radical (unpaired) electrons. The van der Waals surface area contributed by atoms with Crippen LogP contribution in [0.5, 0.6) is 0 Å². The minimum Gasteiger partial charge on any atom is -0.481 e. The van der Waals surface area contributed by atoms with Gasteiger partial charge in [-0.15, -0.1) is 0 Å². The Bertz CT molecular complexity index is 789. The summed E-state index contributed by atoms with van der Waals surface area (Å²) in [5, 5.41) is 8.46. The molecule has 0 bridgehead atoms. The van der Waals surface area contributed by atoms with Crippen LogP contribution in [0, 0.1) is 0 Å². The third kappa shape index (κ3) is 3.25. The molecular formula is C11H12N2O6S. The Morgan fingerprint density at radius 2 is 2.15 bits per heavy atom. The first kappa shape index (κ1) is 14.3. The summed E-state index contributed by atoms with van der Waals surface area (Å²) in [5.74, 6) is -1.65. The van der Waals surface area contributed by atoms with Gasteiger partial charge in [0.15, 0.2) is 5.58 Å². The molecule has 0 unspecified atom stereocenters. The van der Waals surface area contributed by atoms with E-state index in [0.717, 1.165) is 0 Å². The summed E-state index contributed by atoms with van der Waals surface area (Å²) in [5.41, 5.74) is 0.545. The zero-order valence-corrected chi connectivity index (χ0v) is 11.1. The smallest absolute Gasteiger partial charge is 0.417 e. The Balaban J connectivity index is 2.14. The highest BCUT2D eigenvalue weighted by molar-refractivity contribution is 7.89. The van der Waals surface area contributed by atoms with Gasteiger partial charge in [-0.05, 0) is 18.6 Å². The van der Waals surface area contributed by atoms with Gasteiger partial charge in [0.25, 0.3) is 0 Å². The second-order valence-corrected chi connectivity index (χ2v) is 5.83. The maximum absolute atomic E-state index is 11.9. The summed E-state index contributed by atoms with van der Waals surface area (Å²) in [4.78, 5) is 23.6. The molecule has 0 atom stereocenters. The van der Waals surface area contributed by atoms with Gasteiger partial charge in [-0.1, -0.05) is 0 Å². The lowest BCUT2D eigenvalue weighted by Gasteiger charge is -2.05. The number of rotatable bonds is 6. The summed E-state index contributed by atoms with van der Waals surface area (Å²) in [6.45, 7) is 0.0176. The number of aromatic amines is 1. The fourth-order valence-electron chi connectivity index (χ4n) is 1.62. The van der Waals surface area contributed by atoms with E-state index in [-0.39, 0.29) is 29.9 Å². The van der Waals surface area contributed by atoms with Crippen LogP contribution in [0.4, 0.5) is 0 Å². The molecule has 0 aliphatic carbocycles. The Kier molecular flexibility index (Phi) is 3.91. The molecule has 108 valence electrons. The van der Waals surface area contributed by atoms with Gasteiger partial charge in [0.05, 0.1) is 10.4 Å². The van der Waals surface area contributed by atoms with E-state index in [1.165, 1.54) is 18.2 Å². The average molecular weight is 300 g/mol. The van der Waals surface area contributed by atoms with Crippen molar-refractivity contribution in [3.8, 4) is 0 Å². The van der Waals surface area contributed by atoms with E-state index in [1.807, 2.05) is 0 Å². The molecule has 9 heteroatoms. The molecule has 2 aromatic rings. The van der Waals surface area contributed by atoms with Gasteiger partial charge in [-0.25, -0.2) is 17.9 Å². The van der Waals surface area contributed by atoms with Crippen LogP contribution in [0.25, 0.3) is 11.1 Å². The highest BCUT2D eigenvalue weighted by Gasteiger charge is 2.15. The van der Waals surface area contributed by atoms with Gasteiger partial charge in [-0.3, -0.25) is 9.78 Å². The van der Waals surface area contributed by atoms with E-state index in [9.17, 15) is 18.0 Å². The van der Waals surface area contributed by atoms with Gasteiger partial charge >= 0.3 is 11.7 Å². The third-order valence-corrected chi connectivity index (χ3v) is 4.02.